The molecule has 5 nitrogen and oxygen atoms in total. The summed E-state index contributed by atoms with van der Waals surface area (Å²) < 4.78 is 41.1. The van der Waals surface area contributed by atoms with Gasteiger partial charge in [-0.3, -0.25) is 9.78 Å². The second kappa shape index (κ2) is 8.26. The van der Waals surface area contributed by atoms with Gasteiger partial charge >= 0.3 is 6.18 Å². The molecule has 0 saturated heterocycles. The third-order valence-corrected chi connectivity index (χ3v) is 5.37. The molecule has 0 spiro atoms. The van der Waals surface area contributed by atoms with Crippen LogP contribution in [-0.2, 0) is 12.7 Å². The number of aryl methyl sites for hydroxylation is 1. The van der Waals surface area contributed by atoms with Gasteiger partial charge < -0.3 is 9.88 Å². The number of alkyl halides is 3. The number of hydrogen-bond donors (Lipinski definition) is 1. The quantitative estimate of drug-likeness (QED) is 0.636. The summed E-state index contributed by atoms with van der Waals surface area (Å²) in [6.07, 6.45) is 1.00. The number of hydrogen-bond acceptors (Lipinski definition) is 3. The number of carbonyl (C=O) groups is 1. The maximum absolute atomic E-state index is 13.0. The molecule has 1 amide bonds. The molecule has 31 heavy (non-hydrogen) atoms. The number of benzene rings is 1. The highest BCUT2D eigenvalue weighted by Gasteiger charge is 2.32. The van der Waals surface area contributed by atoms with Gasteiger partial charge in [0.05, 0.1) is 17.7 Å². The number of amides is 1. The Kier molecular flexibility index (Phi) is 5.51. The fraction of sp³-hybridized carbons (Fsp3) is 0.261. The normalized spacial score (nSPS) is 16.1. The Bertz CT molecular complexity index is 1160. The number of pyridine rings is 1. The number of rotatable bonds is 3. The van der Waals surface area contributed by atoms with Crippen LogP contribution in [0.15, 0.2) is 54.9 Å². The summed E-state index contributed by atoms with van der Waals surface area (Å²) in [5.41, 5.74) is 1.78. The molecule has 0 bridgehead atoms. The minimum Gasteiger partial charge on any atom is -0.349 e. The SMILES string of the molecule is N#Cc1cccc(C(=O)N[C@@H]2CCCCn3cc(-c4ccnc(C(F)(F)F)c4)cc32)c1. The number of aromatic nitrogens is 2. The Morgan fingerprint density at radius 1 is 1.16 bits per heavy atom. The van der Waals surface area contributed by atoms with Crippen molar-refractivity contribution in [2.24, 2.45) is 0 Å². The highest BCUT2D eigenvalue weighted by Crippen LogP contribution is 2.34. The minimum absolute atomic E-state index is 0.279. The van der Waals surface area contributed by atoms with Crippen LogP contribution in [0.1, 0.15) is 52.6 Å². The van der Waals surface area contributed by atoms with Crippen LogP contribution in [-0.4, -0.2) is 15.5 Å². The Labute approximate surface area is 177 Å². The Hall–Kier alpha value is -3.60. The van der Waals surface area contributed by atoms with E-state index in [1.54, 1.807) is 24.3 Å². The molecular weight excluding hydrogens is 405 g/mol. The fourth-order valence-electron chi connectivity index (χ4n) is 3.84. The molecule has 8 heteroatoms. The molecule has 158 valence electrons. The smallest absolute Gasteiger partial charge is 0.349 e. The lowest BCUT2D eigenvalue weighted by Gasteiger charge is -2.18. The van der Waals surface area contributed by atoms with Crippen molar-refractivity contribution in [3.05, 3.63) is 77.4 Å². The molecular formula is C23H19F3N4O. The van der Waals surface area contributed by atoms with E-state index in [1.165, 1.54) is 6.07 Å². The lowest BCUT2D eigenvalue weighted by Crippen LogP contribution is -2.29. The van der Waals surface area contributed by atoms with E-state index in [2.05, 4.69) is 10.3 Å². The van der Waals surface area contributed by atoms with Crippen molar-refractivity contribution in [1.29, 1.82) is 5.26 Å². The predicted octanol–water partition coefficient (Wildman–Crippen LogP) is 5.10. The summed E-state index contributed by atoms with van der Waals surface area (Å²) in [7, 11) is 0. The number of nitrogens with zero attached hydrogens (tertiary/aromatic N) is 3. The lowest BCUT2D eigenvalue weighted by molar-refractivity contribution is -0.141. The van der Waals surface area contributed by atoms with Crippen LogP contribution in [0.2, 0.25) is 0 Å². The van der Waals surface area contributed by atoms with Gasteiger partial charge in [0, 0.05) is 30.2 Å². The first kappa shape index (κ1) is 20.7. The van der Waals surface area contributed by atoms with Crippen molar-refractivity contribution in [1.82, 2.24) is 14.9 Å². The maximum atomic E-state index is 13.0. The summed E-state index contributed by atoms with van der Waals surface area (Å²) in [6, 6.07) is 12.6. The molecule has 4 rings (SSSR count). The van der Waals surface area contributed by atoms with Crippen LogP contribution < -0.4 is 5.32 Å². The lowest BCUT2D eigenvalue weighted by atomic mass is 10.0. The molecule has 1 atom stereocenters. The van der Waals surface area contributed by atoms with Crippen molar-refractivity contribution in [2.45, 2.75) is 38.0 Å². The molecule has 0 radical (unpaired) electrons. The first-order chi connectivity index (χ1) is 14.8. The maximum Gasteiger partial charge on any atom is 0.433 e. The van der Waals surface area contributed by atoms with E-state index in [0.717, 1.165) is 43.8 Å². The highest BCUT2D eigenvalue weighted by molar-refractivity contribution is 5.94. The average molecular weight is 424 g/mol. The Morgan fingerprint density at radius 3 is 2.77 bits per heavy atom. The van der Waals surface area contributed by atoms with Crippen LogP contribution in [0.3, 0.4) is 0 Å². The molecule has 0 aliphatic carbocycles. The molecule has 0 fully saturated rings. The minimum atomic E-state index is -4.51. The third-order valence-electron chi connectivity index (χ3n) is 5.37. The summed E-state index contributed by atoms with van der Waals surface area (Å²) in [5, 5.41) is 12.1. The van der Waals surface area contributed by atoms with Crippen LogP contribution in [0.5, 0.6) is 0 Å². The van der Waals surface area contributed by atoms with Gasteiger partial charge in [-0.2, -0.15) is 18.4 Å². The van der Waals surface area contributed by atoms with E-state index in [0.29, 0.717) is 22.3 Å². The van der Waals surface area contributed by atoms with Gasteiger partial charge in [-0.1, -0.05) is 6.07 Å². The Balaban J connectivity index is 1.63. The summed E-state index contributed by atoms with van der Waals surface area (Å²) in [4.78, 5) is 16.2. The van der Waals surface area contributed by atoms with Gasteiger partial charge in [-0.15, -0.1) is 0 Å². The van der Waals surface area contributed by atoms with Crippen LogP contribution in [0, 0.1) is 11.3 Å². The van der Waals surface area contributed by atoms with E-state index in [-0.39, 0.29) is 11.9 Å². The van der Waals surface area contributed by atoms with E-state index in [1.807, 2.05) is 22.9 Å². The molecule has 1 aliphatic rings. The zero-order valence-electron chi connectivity index (χ0n) is 16.5. The first-order valence-electron chi connectivity index (χ1n) is 9.90. The third kappa shape index (κ3) is 4.45. The molecule has 0 unspecified atom stereocenters. The molecule has 1 N–H and O–H groups in total. The van der Waals surface area contributed by atoms with Gasteiger partial charge in [-0.25, -0.2) is 0 Å². The zero-order chi connectivity index (χ0) is 22.0. The molecule has 0 saturated carbocycles. The summed E-state index contributed by atoms with van der Waals surface area (Å²) in [6.45, 7) is 0.725. The van der Waals surface area contributed by atoms with E-state index < -0.39 is 11.9 Å². The molecule has 3 heterocycles. The molecule has 1 aliphatic heterocycles. The molecule has 3 aromatic rings. The van der Waals surface area contributed by atoms with Crippen LogP contribution >= 0.6 is 0 Å². The number of carbonyl (C=O) groups excluding carboxylic acids is 1. The van der Waals surface area contributed by atoms with E-state index >= 15 is 0 Å². The number of fused-ring (bicyclic) bond motifs is 1. The fourth-order valence-corrected chi connectivity index (χ4v) is 3.84. The van der Waals surface area contributed by atoms with Crippen molar-refractivity contribution < 1.29 is 18.0 Å². The Morgan fingerprint density at radius 2 is 2.00 bits per heavy atom. The van der Waals surface area contributed by atoms with E-state index in [4.69, 9.17) is 5.26 Å². The van der Waals surface area contributed by atoms with Crippen molar-refractivity contribution in [3.63, 3.8) is 0 Å². The second-order valence-corrected chi connectivity index (χ2v) is 7.49. The van der Waals surface area contributed by atoms with Crippen molar-refractivity contribution in [2.75, 3.05) is 0 Å². The number of nitriles is 1. The zero-order valence-corrected chi connectivity index (χ0v) is 16.5. The van der Waals surface area contributed by atoms with Crippen LogP contribution in [0.4, 0.5) is 13.2 Å². The van der Waals surface area contributed by atoms with Crippen molar-refractivity contribution in [3.8, 4) is 17.2 Å². The van der Waals surface area contributed by atoms with Gasteiger partial charge in [0.1, 0.15) is 5.69 Å². The topological polar surface area (TPSA) is 70.7 Å². The van der Waals surface area contributed by atoms with Gasteiger partial charge in [0.2, 0.25) is 0 Å². The van der Waals surface area contributed by atoms with Crippen molar-refractivity contribution >= 4 is 5.91 Å². The standard InChI is InChI=1S/C23H19F3N4O/c24-23(25,26)21-12-16(7-8-28-21)18-11-20-19(6-1-2-9-30(20)14-18)29-22(31)17-5-3-4-15(10-17)13-27/h3-5,7-8,10-12,14,19H,1-2,6,9H2,(H,29,31)/t19-/m1/s1. The van der Waals surface area contributed by atoms with Gasteiger partial charge in [0.15, 0.2) is 0 Å². The second-order valence-electron chi connectivity index (χ2n) is 7.49. The first-order valence-corrected chi connectivity index (χ1v) is 9.90. The van der Waals surface area contributed by atoms with E-state index in [9.17, 15) is 18.0 Å². The van der Waals surface area contributed by atoms with Crippen LogP contribution in [0.25, 0.3) is 11.1 Å². The number of nitrogens with one attached hydrogen (secondary N) is 1. The summed E-state index contributed by atoms with van der Waals surface area (Å²) in [5.74, 6) is -0.290. The summed E-state index contributed by atoms with van der Waals surface area (Å²) >= 11 is 0. The average Bonchev–Trinajstić information content (AvgIpc) is 3.11. The monoisotopic (exact) mass is 424 g/mol. The van der Waals surface area contributed by atoms with Gasteiger partial charge in [0.25, 0.3) is 5.91 Å². The van der Waals surface area contributed by atoms with Gasteiger partial charge in [-0.05, 0) is 66.8 Å². The highest BCUT2D eigenvalue weighted by atomic mass is 19.4. The molecule has 1 aromatic carbocycles. The largest absolute Gasteiger partial charge is 0.433 e. The number of halogens is 3. The predicted molar refractivity (Wildman–Crippen MR) is 108 cm³/mol. The molecule has 2 aromatic heterocycles.